The van der Waals surface area contributed by atoms with Crippen molar-refractivity contribution in [3.63, 3.8) is 0 Å². The van der Waals surface area contributed by atoms with Crippen molar-refractivity contribution in [1.82, 2.24) is 4.98 Å². The van der Waals surface area contributed by atoms with Gasteiger partial charge in [0, 0.05) is 6.20 Å². The Morgan fingerprint density at radius 3 is 2.95 bits per heavy atom. The van der Waals surface area contributed by atoms with E-state index in [4.69, 9.17) is 27.3 Å². The normalized spacial score (nSPS) is 11.4. The van der Waals surface area contributed by atoms with Crippen molar-refractivity contribution in [2.75, 3.05) is 0 Å². The Morgan fingerprint density at radius 2 is 2.25 bits per heavy atom. The zero-order valence-corrected chi connectivity index (χ0v) is 11.0. The minimum Gasteiger partial charge on any atom is -0.484 e. The van der Waals surface area contributed by atoms with Crippen molar-refractivity contribution in [1.29, 1.82) is 0 Å². The lowest BCUT2D eigenvalue weighted by Gasteiger charge is -2.09. The standard InChI is InChI=1S/C13H11ClFN3O2/c14-9-2-1-3-10(15)12(9)20-7-8-4-5-17-11(6-8)13(16)18-19/h1-6,19H,7H2,(H2,16,18). The van der Waals surface area contributed by atoms with E-state index in [-0.39, 0.29) is 23.2 Å². The van der Waals surface area contributed by atoms with Crippen LogP contribution in [0.25, 0.3) is 0 Å². The molecule has 0 saturated carbocycles. The van der Waals surface area contributed by atoms with Crippen LogP contribution in [-0.2, 0) is 6.61 Å². The number of halogens is 2. The minimum atomic E-state index is -0.539. The zero-order valence-electron chi connectivity index (χ0n) is 10.3. The number of amidine groups is 1. The molecule has 3 N–H and O–H groups in total. The highest BCUT2D eigenvalue weighted by molar-refractivity contribution is 6.32. The van der Waals surface area contributed by atoms with Crippen LogP contribution in [0, 0.1) is 5.82 Å². The topological polar surface area (TPSA) is 80.7 Å². The van der Waals surface area contributed by atoms with Gasteiger partial charge in [-0.2, -0.15) is 0 Å². The van der Waals surface area contributed by atoms with Gasteiger partial charge in [-0.05, 0) is 29.8 Å². The number of oxime groups is 1. The summed E-state index contributed by atoms with van der Waals surface area (Å²) in [5.41, 5.74) is 6.41. The second-order valence-electron chi connectivity index (χ2n) is 3.87. The summed E-state index contributed by atoms with van der Waals surface area (Å²) in [6.45, 7) is 0.0783. The summed E-state index contributed by atoms with van der Waals surface area (Å²) < 4.78 is 18.9. The monoisotopic (exact) mass is 295 g/mol. The predicted octanol–water partition coefficient (Wildman–Crippen LogP) is 2.55. The lowest BCUT2D eigenvalue weighted by atomic mass is 10.2. The van der Waals surface area contributed by atoms with Crippen LogP contribution in [0.1, 0.15) is 11.3 Å². The van der Waals surface area contributed by atoms with Gasteiger partial charge in [0.25, 0.3) is 0 Å². The first-order chi connectivity index (χ1) is 9.61. The fourth-order valence-corrected chi connectivity index (χ4v) is 1.75. The Morgan fingerprint density at radius 1 is 1.45 bits per heavy atom. The number of nitrogens with zero attached hydrogens (tertiary/aromatic N) is 2. The van der Waals surface area contributed by atoms with Gasteiger partial charge in [0.05, 0.1) is 5.02 Å². The molecular weight excluding hydrogens is 285 g/mol. The number of benzene rings is 1. The van der Waals surface area contributed by atoms with E-state index in [1.54, 1.807) is 12.1 Å². The second kappa shape index (κ2) is 6.21. The SMILES string of the molecule is N/C(=N/O)c1cc(COc2c(F)cccc2Cl)ccn1. The number of para-hydroxylation sites is 1. The van der Waals surface area contributed by atoms with Crippen molar-refractivity contribution in [3.05, 3.63) is 58.6 Å². The summed E-state index contributed by atoms with van der Waals surface area (Å²) in [6.07, 6.45) is 1.48. The fraction of sp³-hybridized carbons (Fsp3) is 0.0769. The van der Waals surface area contributed by atoms with Crippen molar-refractivity contribution in [2.45, 2.75) is 6.61 Å². The Kier molecular flexibility index (Phi) is 4.37. The third-order valence-electron chi connectivity index (χ3n) is 2.50. The molecule has 0 aliphatic carbocycles. The van der Waals surface area contributed by atoms with Crippen molar-refractivity contribution in [2.24, 2.45) is 10.9 Å². The number of hydrogen-bond acceptors (Lipinski definition) is 4. The van der Waals surface area contributed by atoms with E-state index < -0.39 is 5.82 Å². The first-order valence-corrected chi connectivity index (χ1v) is 5.99. The van der Waals surface area contributed by atoms with Gasteiger partial charge in [-0.1, -0.05) is 22.8 Å². The molecule has 0 atom stereocenters. The molecule has 2 aromatic rings. The molecule has 1 aromatic carbocycles. The molecule has 0 saturated heterocycles. The predicted molar refractivity (Wildman–Crippen MR) is 72.5 cm³/mol. The maximum Gasteiger partial charge on any atom is 0.188 e. The van der Waals surface area contributed by atoms with Gasteiger partial charge in [0.2, 0.25) is 0 Å². The molecule has 2 rings (SSSR count). The third-order valence-corrected chi connectivity index (χ3v) is 2.79. The molecule has 0 amide bonds. The highest BCUT2D eigenvalue weighted by Crippen LogP contribution is 2.27. The van der Waals surface area contributed by atoms with E-state index in [1.165, 1.54) is 24.4 Å². The molecule has 0 aliphatic heterocycles. The average Bonchev–Trinajstić information content (AvgIpc) is 2.46. The van der Waals surface area contributed by atoms with Gasteiger partial charge in [0.15, 0.2) is 17.4 Å². The minimum absolute atomic E-state index is 0.0173. The van der Waals surface area contributed by atoms with E-state index in [0.717, 1.165) is 0 Å². The molecule has 0 aliphatic rings. The van der Waals surface area contributed by atoms with Crippen molar-refractivity contribution < 1.29 is 14.3 Å². The Balaban J connectivity index is 2.15. The summed E-state index contributed by atoms with van der Waals surface area (Å²) in [6, 6.07) is 7.53. The molecule has 0 radical (unpaired) electrons. The Bertz CT molecular complexity index is 629. The van der Waals surface area contributed by atoms with E-state index in [2.05, 4.69) is 10.1 Å². The maximum absolute atomic E-state index is 13.5. The number of nitrogens with two attached hydrogens (primary N) is 1. The smallest absolute Gasteiger partial charge is 0.188 e. The van der Waals surface area contributed by atoms with E-state index in [9.17, 15) is 4.39 Å². The van der Waals surface area contributed by atoms with Gasteiger partial charge in [-0.25, -0.2) is 4.39 Å². The zero-order chi connectivity index (χ0) is 14.5. The molecule has 0 spiro atoms. The first-order valence-electron chi connectivity index (χ1n) is 5.61. The van der Waals surface area contributed by atoms with Crippen LogP contribution in [0.3, 0.4) is 0 Å². The molecule has 20 heavy (non-hydrogen) atoms. The third kappa shape index (κ3) is 3.16. The second-order valence-corrected chi connectivity index (χ2v) is 4.28. The fourth-order valence-electron chi connectivity index (χ4n) is 1.53. The van der Waals surface area contributed by atoms with E-state index >= 15 is 0 Å². The van der Waals surface area contributed by atoms with Crippen LogP contribution in [0.4, 0.5) is 4.39 Å². The molecule has 5 nitrogen and oxygen atoms in total. The van der Waals surface area contributed by atoms with Crippen LogP contribution >= 0.6 is 11.6 Å². The van der Waals surface area contributed by atoms with Gasteiger partial charge >= 0.3 is 0 Å². The first kappa shape index (κ1) is 14.1. The maximum atomic E-state index is 13.5. The van der Waals surface area contributed by atoms with Crippen LogP contribution < -0.4 is 10.5 Å². The van der Waals surface area contributed by atoms with Crippen LogP contribution in [0.15, 0.2) is 41.7 Å². The number of aromatic nitrogens is 1. The van der Waals surface area contributed by atoms with Gasteiger partial charge in [-0.15, -0.1) is 0 Å². The molecule has 0 unspecified atom stereocenters. The summed E-state index contributed by atoms with van der Waals surface area (Å²) in [5.74, 6) is -0.671. The van der Waals surface area contributed by atoms with Crippen molar-refractivity contribution >= 4 is 17.4 Å². The van der Waals surface area contributed by atoms with Crippen LogP contribution in [0.5, 0.6) is 5.75 Å². The average molecular weight is 296 g/mol. The highest BCUT2D eigenvalue weighted by Gasteiger charge is 2.09. The molecule has 0 fully saturated rings. The van der Waals surface area contributed by atoms with Gasteiger partial charge < -0.3 is 15.7 Å². The van der Waals surface area contributed by atoms with Crippen LogP contribution in [-0.4, -0.2) is 16.0 Å². The van der Waals surface area contributed by atoms with E-state index in [1.807, 2.05) is 0 Å². The summed E-state index contributed by atoms with van der Waals surface area (Å²) in [5, 5.41) is 11.6. The highest BCUT2D eigenvalue weighted by atomic mass is 35.5. The number of pyridine rings is 1. The number of ether oxygens (including phenoxy) is 1. The van der Waals surface area contributed by atoms with Crippen LogP contribution in [0.2, 0.25) is 5.02 Å². The largest absolute Gasteiger partial charge is 0.484 e. The quantitative estimate of drug-likeness (QED) is 0.393. The lowest BCUT2D eigenvalue weighted by Crippen LogP contribution is -2.15. The summed E-state index contributed by atoms with van der Waals surface area (Å²) in [4.78, 5) is 3.93. The Labute approximate surface area is 119 Å². The molecular formula is C13H11ClFN3O2. The van der Waals surface area contributed by atoms with Gasteiger partial charge in [-0.3, -0.25) is 4.98 Å². The molecule has 104 valence electrons. The molecule has 1 heterocycles. The molecule has 7 heteroatoms. The lowest BCUT2D eigenvalue weighted by molar-refractivity contribution is 0.290. The molecule has 0 bridgehead atoms. The van der Waals surface area contributed by atoms with Crippen molar-refractivity contribution in [3.8, 4) is 5.75 Å². The molecule has 1 aromatic heterocycles. The summed E-state index contributed by atoms with van der Waals surface area (Å²) >= 11 is 5.85. The van der Waals surface area contributed by atoms with E-state index in [0.29, 0.717) is 11.3 Å². The number of hydrogen-bond donors (Lipinski definition) is 2. The summed E-state index contributed by atoms with van der Waals surface area (Å²) in [7, 11) is 0. The number of rotatable bonds is 4. The van der Waals surface area contributed by atoms with Gasteiger partial charge in [0.1, 0.15) is 12.3 Å². The Hall–Kier alpha value is -2.34.